The summed E-state index contributed by atoms with van der Waals surface area (Å²) in [4.78, 5) is 28.0. The maximum absolute atomic E-state index is 12.8. The lowest BCUT2D eigenvalue weighted by atomic mass is 10.0. The van der Waals surface area contributed by atoms with E-state index in [1.54, 1.807) is 4.90 Å². The average molecular weight is 345 g/mol. The summed E-state index contributed by atoms with van der Waals surface area (Å²) >= 11 is 0. The van der Waals surface area contributed by atoms with Gasteiger partial charge in [0, 0.05) is 25.3 Å². The van der Waals surface area contributed by atoms with E-state index in [-0.39, 0.29) is 18.5 Å². The van der Waals surface area contributed by atoms with Gasteiger partial charge in [-0.1, -0.05) is 13.3 Å². The standard InChI is InChI=1S/C16H22F3N3O2/c1-4-11-8-22(9-13(11)20(2)3)14(23)10-21-7-5-6-12(15(21)24)16(17,18)19/h5-7,11,13H,4,8-10H2,1-3H3/t11-,13+/m1/s1. The summed E-state index contributed by atoms with van der Waals surface area (Å²) in [7, 11) is 3.89. The second-order valence-corrected chi connectivity index (χ2v) is 6.35. The van der Waals surface area contributed by atoms with Gasteiger partial charge in [-0.25, -0.2) is 0 Å². The van der Waals surface area contributed by atoms with E-state index in [0.29, 0.717) is 19.0 Å². The number of pyridine rings is 1. The van der Waals surface area contributed by atoms with Gasteiger partial charge in [-0.15, -0.1) is 0 Å². The minimum Gasteiger partial charge on any atom is -0.339 e. The molecule has 0 unspecified atom stereocenters. The third kappa shape index (κ3) is 3.80. The Morgan fingerprint density at radius 2 is 2.00 bits per heavy atom. The molecule has 1 fully saturated rings. The lowest BCUT2D eigenvalue weighted by molar-refractivity contribution is -0.139. The van der Waals surface area contributed by atoms with E-state index in [2.05, 4.69) is 4.90 Å². The monoisotopic (exact) mass is 345 g/mol. The molecule has 0 saturated carbocycles. The molecule has 2 atom stereocenters. The van der Waals surface area contributed by atoms with Crippen LogP contribution in [0.3, 0.4) is 0 Å². The molecule has 1 aromatic heterocycles. The molecule has 1 saturated heterocycles. The Bertz CT molecular complexity index is 655. The Morgan fingerprint density at radius 3 is 2.50 bits per heavy atom. The van der Waals surface area contributed by atoms with Crippen LogP contribution in [0.25, 0.3) is 0 Å². The Hall–Kier alpha value is -1.83. The molecular formula is C16H22F3N3O2. The zero-order valence-corrected chi connectivity index (χ0v) is 14.0. The second-order valence-electron chi connectivity index (χ2n) is 6.35. The van der Waals surface area contributed by atoms with E-state index < -0.39 is 17.3 Å². The quantitative estimate of drug-likeness (QED) is 0.834. The van der Waals surface area contributed by atoms with Crippen LogP contribution in [0.1, 0.15) is 18.9 Å². The molecule has 0 spiro atoms. The summed E-state index contributed by atoms with van der Waals surface area (Å²) in [6.07, 6.45) is -2.59. The van der Waals surface area contributed by atoms with Gasteiger partial charge < -0.3 is 14.4 Å². The van der Waals surface area contributed by atoms with Crippen LogP contribution in [0.15, 0.2) is 23.1 Å². The zero-order valence-electron chi connectivity index (χ0n) is 14.0. The highest BCUT2D eigenvalue weighted by molar-refractivity contribution is 5.76. The number of likely N-dealkylation sites (N-methyl/N-ethyl adjacent to an activating group) is 1. The smallest absolute Gasteiger partial charge is 0.339 e. The second kappa shape index (κ2) is 6.96. The topological polar surface area (TPSA) is 45.6 Å². The first kappa shape index (κ1) is 18.5. The number of carbonyl (C=O) groups excluding carboxylic acids is 1. The van der Waals surface area contributed by atoms with E-state index in [1.165, 1.54) is 6.20 Å². The Kier molecular flexibility index (Phi) is 5.37. The van der Waals surface area contributed by atoms with Crippen LogP contribution in [0.5, 0.6) is 0 Å². The third-order valence-corrected chi connectivity index (χ3v) is 4.58. The Morgan fingerprint density at radius 1 is 1.33 bits per heavy atom. The van der Waals surface area contributed by atoms with E-state index in [0.717, 1.165) is 23.1 Å². The zero-order chi connectivity index (χ0) is 18.1. The number of rotatable bonds is 4. The number of hydrogen-bond acceptors (Lipinski definition) is 3. The molecule has 1 amide bonds. The number of amides is 1. The van der Waals surface area contributed by atoms with Crippen LogP contribution in [0.4, 0.5) is 13.2 Å². The maximum atomic E-state index is 12.8. The van der Waals surface area contributed by atoms with E-state index in [4.69, 9.17) is 0 Å². The van der Waals surface area contributed by atoms with Crippen molar-refractivity contribution in [1.82, 2.24) is 14.4 Å². The van der Waals surface area contributed by atoms with Crippen LogP contribution in [0, 0.1) is 5.92 Å². The van der Waals surface area contributed by atoms with Gasteiger partial charge in [-0.05, 0) is 32.1 Å². The molecule has 0 bridgehead atoms. The SMILES string of the molecule is CC[C@@H]1CN(C(=O)Cn2cccc(C(F)(F)F)c2=O)C[C@@H]1N(C)C. The van der Waals surface area contributed by atoms with Crippen molar-refractivity contribution in [3.05, 3.63) is 34.2 Å². The molecule has 0 N–H and O–H groups in total. The van der Waals surface area contributed by atoms with Crippen molar-refractivity contribution in [1.29, 1.82) is 0 Å². The van der Waals surface area contributed by atoms with Gasteiger partial charge in [0.1, 0.15) is 12.1 Å². The molecule has 8 heteroatoms. The Balaban J connectivity index is 2.15. The third-order valence-electron chi connectivity index (χ3n) is 4.58. The number of alkyl halides is 3. The van der Waals surface area contributed by atoms with Gasteiger partial charge in [0.25, 0.3) is 5.56 Å². The minimum atomic E-state index is -4.72. The largest absolute Gasteiger partial charge is 0.421 e. The van der Waals surface area contributed by atoms with Crippen molar-refractivity contribution < 1.29 is 18.0 Å². The van der Waals surface area contributed by atoms with Gasteiger partial charge in [0.05, 0.1) is 0 Å². The van der Waals surface area contributed by atoms with E-state index >= 15 is 0 Å². The van der Waals surface area contributed by atoms with Crippen molar-refractivity contribution in [3.8, 4) is 0 Å². The van der Waals surface area contributed by atoms with Gasteiger partial charge in [0.15, 0.2) is 0 Å². The van der Waals surface area contributed by atoms with Gasteiger partial charge in [-0.3, -0.25) is 9.59 Å². The van der Waals surface area contributed by atoms with Crippen molar-refractivity contribution in [3.63, 3.8) is 0 Å². The molecule has 0 aromatic carbocycles. The Labute approximate surface area is 138 Å². The van der Waals surface area contributed by atoms with Crippen molar-refractivity contribution >= 4 is 5.91 Å². The molecule has 1 aromatic rings. The van der Waals surface area contributed by atoms with Crippen LogP contribution in [-0.2, 0) is 17.5 Å². The number of aromatic nitrogens is 1. The molecule has 24 heavy (non-hydrogen) atoms. The van der Waals surface area contributed by atoms with Crippen LogP contribution in [0.2, 0.25) is 0 Å². The first-order valence-corrected chi connectivity index (χ1v) is 7.86. The van der Waals surface area contributed by atoms with Crippen LogP contribution in [-0.4, -0.2) is 53.5 Å². The molecule has 1 aliphatic heterocycles. The first-order valence-electron chi connectivity index (χ1n) is 7.86. The fraction of sp³-hybridized carbons (Fsp3) is 0.625. The summed E-state index contributed by atoms with van der Waals surface area (Å²) in [5.41, 5.74) is -2.44. The molecule has 1 aliphatic rings. The van der Waals surface area contributed by atoms with E-state index in [9.17, 15) is 22.8 Å². The van der Waals surface area contributed by atoms with Gasteiger partial charge >= 0.3 is 6.18 Å². The summed E-state index contributed by atoms with van der Waals surface area (Å²) in [5, 5.41) is 0. The fourth-order valence-electron chi connectivity index (χ4n) is 3.17. The lowest BCUT2D eigenvalue weighted by Crippen LogP contribution is -2.39. The van der Waals surface area contributed by atoms with Crippen molar-refractivity contribution in [2.45, 2.75) is 32.1 Å². The first-order chi connectivity index (χ1) is 11.1. The summed E-state index contributed by atoms with van der Waals surface area (Å²) in [6, 6.07) is 2.09. The van der Waals surface area contributed by atoms with Crippen molar-refractivity contribution in [2.75, 3.05) is 27.2 Å². The summed E-state index contributed by atoms with van der Waals surface area (Å²) < 4.78 is 39.2. The summed E-state index contributed by atoms with van der Waals surface area (Å²) in [5.74, 6) is -0.0126. The van der Waals surface area contributed by atoms with E-state index in [1.807, 2.05) is 21.0 Å². The molecule has 2 heterocycles. The predicted octanol–water partition coefficient (Wildman–Crippen LogP) is 1.67. The molecule has 0 aliphatic carbocycles. The number of halogens is 3. The normalized spacial score (nSPS) is 21.5. The predicted molar refractivity (Wildman–Crippen MR) is 83.5 cm³/mol. The highest BCUT2D eigenvalue weighted by Gasteiger charge is 2.36. The number of likely N-dealkylation sites (tertiary alicyclic amines) is 1. The number of nitrogens with zero attached hydrogens (tertiary/aromatic N) is 3. The molecule has 2 rings (SSSR count). The van der Waals surface area contributed by atoms with Crippen LogP contribution < -0.4 is 5.56 Å². The molecular weight excluding hydrogens is 323 g/mol. The minimum absolute atomic E-state index is 0.220. The highest BCUT2D eigenvalue weighted by Crippen LogP contribution is 2.26. The highest BCUT2D eigenvalue weighted by atomic mass is 19.4. The van der Waals surface area contributed by atoms with Crippen LogP contribution >= 0.6 is 0 Å². The lowest BCUT2D eigenvalue weighted by Gasteiger charge is -2.23. The van der Waals surface area contributed by atoms with Crippen molar-refractivity contribution in [2.24, 2.45) is 5.92 Å². The average Bonchev–Trinajstić information content (AvgIpc) is 2.92. The van der Waals surface area contributed by atoms with Gasteiger partial charge in [-0.2, -0.15) is 13.2 Å². The summed E-state index contributed by atoms with van der Waals surface area (Å²) in [6.45, 7) is 2.76. The van der Waals surface area contributed by atoms with Gasteiger partial charge in [0.2, 0.25) is 5.91 Å². The number of carbonyl (C=O) groups is 1. The molecule has 134 valence electrons. The molecule has 0 radical (unpaired) electrons. The maximum Gasteiger partial charge on any atom is 0.421 e. The number of hydrogen-bond donors (Lipinski definition) is 0. The molecule has 5 nitrogen and oxygen atoms in total. The fourth-order valence-corrected chi connectivity index (χ4v) is 3.17.